The highest BCUT2D eigenvalue weighted by molar-refractivity contribution is 4.56. The maximum Gasteiger partial charge on any atom is 0.102 e. The van der Waals surface area contributed by atoms with E-state index in [1.807, 2.05) is 0 Å². The van der Waals surface area contributed by atoms with Crippen LogP contribution in [0.2, 0.25) is 0 Å². The Bertz CT molecular complexity index is 261. The summed E-state index contributed by atoms with van der Waals surface area (Å²) in [6, 6.07) is 0. The quantitative estimate of drug-likeness (QED) is 0.252. The molecule has 2 nitrogen and oxygen atoms in total. The van der Waals surface area contributed by atoms with E-state index in [1.54, 1.807) is 0 Å². The fourth-order valence-electron chi connectivity index (χ4n) is 4.42. The van der Waals surface area contributed by atoms with E-state index in [9.17, 15) is 5.11 Å². The summed E-state index contributed by atoms with van der Waals surface area (Å²) in [4.78, 5) is 0. The standard InChI is InChI=1S/C22H46NO/c1-2-3-4-5-6-7-8-9-10-11-12-13-14-15-18-23(21-22-24)19-16-17-20-23/h24H,2-22H2,1H3/q+1. The minimum atomic E-state index is 0.374. The van der Waals surface area contributed by atoms with Crippen molar-refractivity contribution in [3.05, 3.63) is 0 Å². The number of nitrogens with zero attached hydrogens (tertiary/aromatic N) is 1. The van der Waals surface area contributed by atoms with Crippen LogP contribution in [-0.2, 0) is 0 Å². The van der Waals surface area contributed by atoms with Gasteiger partial charge in [-0.25, -0.2) is 0 Å². The Morgan fingerprint density at radius 1 is 0.583 bits per heavy atom. The lowest BCUT2D eigenvalue weighted by Crippen LogP contribution is -2.47. The van der Waals surface area contributed by atoms with Gasteiger partial charge in [0.25, 0.3) is 0 Å². The molecular weight excluding hydrogens is 294 g/mol. The third kappa shape index (κ3) is 10.7. The number of quaternary nitrogens is 1. The van der Waals surface area contributed by atoms with Crippen molar-refractivity contribution in [2.45, 2.75) is 110 Å². The molecule has 1 saturated heterocycles. The summed E-state index contributed by atoms with van der Waals surface area (Å²) in [6.45, 7) is 7.62. The van der Waals surface area contributed by atoms with Crippen LogP contribution in [0.15, 0.2) is 0 Å². The summed E-state index contributed by atoms with van der Waals surface area (Å²) < 4.78 is 1.22. The van der Waals surface area contributed by atoms with Crippen molar-refractivity contribution < 1.29 is 9.59 Å². The van der Waals surface area contributed by atoms with Crippen LogP contribution < -0.4 is 0 Å². The second-order valence-electron chi connectivity index (χ2n) is 8.26. The largest absolute Gasteiger partial charge is 0.391 e. The number of hydrogen-bond donors (Lipinski definition) is 1. The number of aliphatic hydroxyl groups is 1. The van der Waals surface area contributed by atoms with Crippen LogP contribution in [0, 0.1) is 0 Å². The smallest absolute Gasteiger partial charge is 0.102 e. The molecule has 1 N–H and O–H groups in total. The maximum absolute atomic E-state index is 9.29. The fourth-order valence-corrected chi connectivity index (χ4v) is 4.42. The van der Waals surface area contributed by atoms with Gasteiger partial charge in [-0.05, 0) is 12.8 Å². The topological polar surface area (TPSA) is 20.2 Å². The zero-order chi connectivity index (χ0) is 17.3. The Hall–Kier alpha value is -0.0800. The molecule has 0 unspecified atom stereocenters. The zero-order valence-electron chi connectivity index (χ0n) is 16.7. The van der Waals surface area contributed by atoms with Gasteiger partial charge in [0.2, 0.25) is 0 Å². The van der Waals surface area contributed by atoms with Gasteiger partial charge in [0.1, 0.15) is 6.54 Å². The summed E-state index contributed by atoms with van der Waals surface area (Å²) >= 11 is 0. The van der Waals surface area contributed by atoms with Crippen LogP contribution in [-0.4, -0.2) is 42.4 Å². The van der Waals surface area contributed by atoms with Crippen molar-refractivity contribution in [2.75, 3.05) is 32.8 Å². The SMILES string of the molecule is CCCCCCCCCCCCCCCC[N+]1(CCO)CCCC1. The van der Waals surface area contributed by atoms with Gasteiger partial charge in [-0.1, -0.05) is 84.0 Å². The van der Waals surface area contributed by atoms with Gasteiger partial charge in [0.15, 0.2) is 0 Å². The molecule has 24 heavy (non-hydrogen) atoms. The Balaban J connectivity index is 1.80. The first-order valence-corrected chi connectivity index (χ1v) is 11.3. The molecule has 0 aromatic heterocycles. The number of unbranched alkanes of at least 4 members (excludes halogenated alkanes) is 13. The van der Waals surface area contributed by atoms with Gasteiger partial charge in [0, 0.05) is 12.8 Å². The van der Waals surface area contributed by atoms with Crippen molar-refractivity contribution in [1.29, 1.82) is 0 Å². The number of hydrogen-bond acceptors (Lipinski definition) is 1. The number of rotatable bonds is 17. The highest BCUT2D eigenvalue weighted by Crippen LogP contribution is 2.21. The van der Waals surface area contributed by atoms with Crippen molar-refractivity contribution >= 4 is 0 Å². The first kappa shape index (κ1) is 22.0. The Kier molecular flexibility index (Phi) is 13.9. The lowest BCUT2D eigenvalue weighted by atomic mass is 10.0. The van der Waals surface area contributed by atoms with Gasteiger partial charge in [-0.15, -0.1) is 0 Å². The molecule has 144 valence electrons. The minimum absolute atomic E-state index is 0.374. The highest BCUT2D eigenvalue weighted by Gasteiger charge is 2.30. The van der Waals surface area contributed by atoms with E-state index in [4.69, 9.17) is 0 Å². The van der Waals surface area contributed by atoms with E-state index in [1.165, 1.54) is 127 Å². The van der Waals surface area contributed by atoms with Gasteiger partial charge < -0.3 is 9.59 Å². The molecule has 0 amide bonds. The predicted octanol–water partition coefficient (Wildman–Crippen LogP) is 6.07. The van der Waals surface area contributed by atoms with Gasteiger partial charge >= 0.3 is 0 Å². The van der Waals surface area contributed by atoms with E-state index >= 15 is 0 Å². The summed E-state index contributed by atoms with van der Waals surface area (Å²) in [5.74, 6) is 0. The van der Waals surface area contributed by atoms with Crippen LogP contribution >= 0.6 is 0 Å². The van der Waals surface area contributed by atoms with Crippen LogP contribution in [0.25, 0.3) is 0 Å². The monoisotopic (exact) mass is 340 g/mol. The van der Waals surface area contributed by atoms with Crippen molar-refractivity contribution in [1.82, 2.24) is 0 Å². The molecular formula is C22H46NO+. The molecule has 1 rings (SSSR count). The van der Waals surface area contributed by atoms with Gasteiger partial charge in [-0.2, -0.15) is 0 Å². The first-order valence-electron chi connectivity index (χ1n) is 11.3. The molecule has 1 heterocycles. The molecule has 0 aromatic carbocycles. The average Bonchev–Trinajstić information content (AvgIpc) is 3.04. The van der Waals surface area contributed by atoms with Crippen LogP contribution in [0.5, 0.6) is 0 Å². The molecule has 0 bridgehead atoms. The van der Waals surface area contributed by atoms with Crippen molar-refractivity contribution in [2.24, 2.45) is 0 Å². The Morgan fingerprint density at radius 2 is 1.00 bits per heavy atom. The number of aliphatic hydroxyl groups excluding tert-OH is 1. The molecule has 1 fully saturated rings. The summed E-state index contributed by atoms with van der Waals surface area (Å²) in [5.41, 5.74) is 0. The molecule has 1 aliphatic rings. The summed E-state index contributed by atoms with van der Waals surface area (Å²) in [6.07, 6.45) is 22.9. The second kappa shape index (κ2) is 15.2. The van der Waals surface area contributed by atoms with Crippen molar-refractivity contribution in [3.8, 4) is 0 Å². The molecule has 0 atom stereocenters. The van der Waals surface area contributed by atoms with Crippen LogP contribution in [0.3, 0.4) is 0 Å². The summed E-state index contributed by atoms with van der Waals surface area (Å²) in [7, 11) is 0. The normalized spacial score (nSPS) is 16.8. The molecule has 0 spiro atoms. The van der Waals surface area contributed by atoms with Crippen LogP contribution in [0.1, 0.15) is 110 Å². The first-order chi connectivity index (χ1) is 11.8. The van der Waals surface area contributed by atoms with E-state index in [-0.39, 0.29) is 0 Å². The van der Waals surface area contributed by atoms with E-state index < -0.39 is 0 Å². The van der Waals surface area contributed by atoms with Crippen LogP contribution in [0.4, 0.5) is 0 Å². The highest BCUT2D eigenvalue weighted by atomic mass is 16.3. The molecule has 0 aliphatic carbocycles. The molecule has 2 heteroatoms. The predicted molar refractivity (Wildman–Crippen MR) is 106 cm³/mol. The molecule has 0 radical (unpaired) electrons. The van der Waals surface area contributed by atoms with Gasteiger partial charge in [0.05, 0.1) is 26.2 Å². The lowest BCUT2D eigenvalue weighted by molar-refractivity contribution is -0.917. The van der Waals surface area contributed by atoms with E-state index in [0.717, 1.165) is 6.54 Å². The molecule has 1 aliphatic heterocycles. The minimum Gasteiger partial charge on any atom is -0.391 e. The lowest BCUT2D eigenvalue weighted by Gasteiger charge is -2.33. The molecule has 0 saturated carbocycles. The molecule has 0 aromatic rings. The third-order valence-electron chi connectivity index (χ3n) is 6.08. The zero-order valence-corrected chi connectivity index (χ0v) is 16.7. The fraction of sp³-hybridized carbons (Fsp3) is 1.00. The van der Waals surface area contributed by atoms with Crippen molar-refractivity contribution in [3.63, 3.8) is 0 Å². The average molecular weight is 341 g/mol. The van der Waals surface area contributed by atoms with E-state index in [2.05, 4.69) is 6.92 Å². The Labute approximate surface area is 152 Å². The maximum atomic E-state index is 9.29. The summed E-state index contributed by atoms with van der Waals surface area (Å²) in [5, 5.41) is 9.29. The number of likely N-dealkylation sites (tertiary alicyclic amines) is 1. The second-order valence-corrected chi connectivity index (χ2v) is 8.26. The van der Waals surface area contributed by atoms with E-state index in [0.29, 0.717) is 6.61 Å². The van der Waals surface area contributed by atoms with Gasteiger partial charge in [-0.3, -0.25) is 0 Å². The third-order valence-corrected chi connectivity index (χ3v) is 6.08. The Morgan fingerprint density at radius 3 is 1.42 bits per heavy atom.